The molecule has 0 aliphatic heterocycles. The summed E-state index contributed by atoms with van der Waals surface area (Å²) in [7, 11) is 0. The SMILES string of the molecule is CCCNc1cc(C(F)(F)F)cc(-c2ccc(C)cc2)n1. The summed E-state index contributed by atoms with van der Waals surface area (Å²) < 4.78 is 39.0. The van der Waals surface area contributed by atoms with Gasteiger partial charge in [0.15, 0.2) is 0 Å². The molecular weight excluding hydrogens is 277 g/mol. The molecule has 112 valence electrons. The van der Waals surface area contributed by atoms with E-state index in [1.165, 1.54) is 0 Å². The fourth-order valence-corrected chi connectivity index (χ4v) is 1.91. The number of rotatable bonds is 4. The summed E-state index contributed by atoms with van der Waals surface area (Å²) >= 11 is 0. The second-order valence-electron chi connectivity index (χ2n) is 4.92. The van der Waals surface area contributed by atoms with E-state index in [2.05, 4.69) is 10.3 Å². The number of aromatic nitrogens is 1. The lowest BCUT2D eigenvalue weighted by atomic mass is 10.1. The van der Waals surface area contributed by atoms with E-state index in [9.17, 15) is 13.2 Å². The van der Waals surface area contributed by atoms with Crippen molar-refractivity contribution in [2.24, 2.45) is 0 Å². The third kappa shape index (κ3) is 3.97. The molecule has 2 nitrogen and oxygen atoms in total. The van der Waals surface area contributed by atoms with Crippen LogP contribution in [0.1, 0.15) is 24.5 Å². The zero-order valence-electron chi connectivity index (χ0n) is 12.0. The molecule has 2 aromatic rings. The van der Waals surface area contributed by atoms with Gasteiger partial charge in [0.05, 0.1) is 11.3 Å². The van der Waals surface area contributed by atoms with Gasteiger partial charge in [-0.2, -0.15) is 13.2 Å². The van der Waals surface area contributed by atoms with Crippen LogP contribution in [0.4, 0.5) is 19.0 Å². The molecule has 5 heteroatoms. The minimum Gasteiger partial charge on any atom is -0.370 e. The van der Waals surface area contributed by atoms with Gasteiger partial charge in [0.2, 0.25) is 0 Å². The van der Waals surface area contributed by atoms with Gasteiger partial charge in [-0.1, -0.05) is 36.8 Å². The van der Waals surface area contributed by atoms with Crippen molar-refractivity contribution in [3.8, 4) is 11.3 Å². The molecule has 1 aromatic carbocycles. The molecule has 1 aromatic heterocycles. The van der Waals surface area contributed by atoms with Crippen LogP contribution in [0.3, 0.4) is 0 Å². The first kappa shape index (κ1) is 15.4. The van der Waals surface area contributed by atoms with Crippen LogP contribution in [-0.2, 0) is 6.18 Å². The molecule has 0 atom stereocenters. The van der Waals surface area contributed by atoms with Gasteiger partial charge in [-0.05, 0) is 25.5 Å². The lowest BCUT2D eigenvalue weighted by Gasteiger charge is -2.12. The first-order chi connectivity index (χ1) is 9.90. The lowest BCUT2D eigenvalue weighted by Crippen LogP contribution is -2.09. The van der Waals surface area contributed by atoms with Crippen LogP contribution in [0.15, 0.2) is 36.4 Å². The van der Waals surface area contributed by atoms with E-state index in [0.29, 0.717) is 17.8 Å². The van der Waals surface area contributed by atoms with E-state index < -0.39 is 11.7 Å². The van der Waals surface area contributed by atoms with Crippen LogP contribution in [0.2, 0.25) is 0 Å². The standard InChI is InChI=1S/C16H17F3N2/c1-3-8-20-15-10-13(16(17,18)19)9-14(21-15)12-6-4-11(2)5-7-12/h4-7,9-10H,3,8H2,1-2H3,(H,20,21). The Morgan fingerprint density at radius 3 is 2.33 bits per heavy atom. The minimum atomic E-state index is -4.38. The Kier molecular flexibility index (Phi) is 4.50. The van der Waals surface area contributed by atoms with E-state index >= 15 is 0 Å². The largest absolute Gasteiger partial charge is 0.416 e. The monoisotopic (exact) mass is 294 g/mol. The van der Waals surface area contributed by atoms with E-state index in [4.69, 9.17) is 0 Å². The van der Waals surface area contributed by atoms with Crippen molar-refractivity contribution in [1.29, 1.82) is 0 Å². The topological polar surface area (TPSA) is 24.9 Å². The molecule has 0 saturated carbocycles. The number of benzene rings is 1. The molecule has 1 heterocycles. The zero-order valence-corrected chi connectivity index (χ0v) is 12.0. The van der Waals surface area contributed by atoms with Gasteiger partial charge >= 0.3 is 6.18 Å². The van der Waals surface area contributed by atoms with Gasteiger partial charge in [0, 0.05) is 12.1 Å². The number of nitrogens with one attached hydrogen (secondary N) is 1. The number of hydrogen-bond acceptors (Lipinski definition) is 2. The van der Waals surface area contributed by atoms with Crippen LogP contribution in [0.5, 0.6) is 0 Å². The van der Waals surface area contributed by atoms with Crippen LogP contribution in [0, 0.1) is 6.92 Å². The highest BCUT2D eigenvalue weighted by Gasteiger charge is 2.31. The van der Waals surface area contributed by atoms with Gasteiger partial charge in [0.25, 0.3) is 0 Å². The zero-order chi connectivity index (χ0) is 15.5. The molecule has 0 bridgehead atoms. The summed E-state index contributed by atoms with van der Waals surface area (Å²) in [6, 6.07) is 9.41. The van der Waals surface area contributed by atoms with Crippen molar-refractivity contribution in [2.45, 2.75) is 26.4 Å². The van der Waals surface area contributed by atoms with Crippen LogP contribution < -0.4 is 5.32 Å². The van der Waals surface area contributed by atoms with Crippen LogP contribution in [-0.4, -0.2) is 11.5 Å². The second kappa shape index (κ2) is 6.16. The van der Waals surface area contributed by atoms with Crippen molar-refractivity contribution in [3.05, 3.63) is 47.5 Å². The fraction of sp³-hybridized carbons (Fsp3) is 0.312. The summed E-state index contributed by atoms with van der Waals surface area (Å²) in [5, 5.41) is 2.92. The summed E-state index contributed by atoms with van der Waals surface area (Å²) in [4.78, 5) is 4.27. The van der Waals surface area contributed by atoms with Crippen LogP contribution in [0.25, 0.3) is 11.3 Å². The second-order valence-corrected chi connectivity index (χ2v) is 4.92. The summed E-state index contributed by atoms with van der Waals surface area (Å²) in [6.07, 6.45) is -3.57. The maximum Gasteiger partial charge on any atom is 0.416 e. The number of pyridine rings is 1. The minimum absolute atomic E-state index is 0.252. The number of aryl methyl sites for hydroxylation is 1. The van der Waals surface area contributed by atoms with Gasteiger partial charge < -0.3 is 5.32 Å². The highest BCUT2D eigenvalue weighted by Crippen LogP contribution is 2.33. The average Bonchev–Trinajstić information content (AvgIpc) is 2.44. The average molecular weight is 294 g/mol. The molecular formula is C16H17F3N2. The number of anilines is 1. The highest BCUT2D eigenvalue weighted by molar-refractivity contribution is 5.63. The van der Waals surface area contributed by atoms with Crippen LogP contribution >= 0.6 is 0 Å². The molecule has 0 spiro atoms. The van der Waals surface area contributed by atoms with E-state index in [1.807, 2.05) is 26.0 Å². The molecule has 0 aliphatic carbocycles. The molecule has 0 unspecified atom stereocenters. The maximum atomic E-state index is 13.0. The predicted octanol–water partition coefficient (Wildman–Crippen LogP) is 4.90. The van der Waals surface area contributed by atoms with E-state index in [0.717, 1.165) is 24.1 Å². The fourth-order valence-electron chi connectivity index (χ4n) is 1.91. The quantitative estimate of drug-likeness (QED) is 0.867. The van der Waals surface area contributed by atoms with Gasteiger partial charge in [-0.3, -0.25) is 0 Å². The molecule has 1 N–H and O–H groups in total. The third-order valence-electron chi connectivity index (χ3n) is 3.06. The van der Waals surface area contributed by atoms with Gasteiger partial charge in [0.1, 0.15) is 5.82 Å². The Bertz CT molecular complexity index is 604. The Morgan fingerprint density at radius 2 is 1.76 bits per heavy atom. The normalized spacial score (nSPS) is 11.5. The Labute approximate surface area is 122 Å². The third-order valence-corrected chi connectivity index (χ3v) is 3.06. The molecule has 2 rings (SSSR count). The van der Waals surface area contributed by atoms with Crippen molar-refractivity contribution < 1.29 is 13.2 Å². The highest BCUT2D eigenvalue weighted by atomic mass is 19.4. The Hall–Kier alpha value is -2.04. The van der Waals surface area contributed by atoms with Crippen molar-refractivity contribution in [1.82, 2.24) is 4.98 Å². The summed E-state index contributed by atoms with van der Waals surface area (Å²) in [5.41, 5.74) is 1.36. The van der Waals surface area contributed by atoms with Crippen molar-refractivity contribution in [2.75, 3.05) is 11.9 Å². The first-order valence-electron chi connectivity index (χ1n) is 6.80. The molecule has 0 radical (unpaired) electrons. The molecule has 0 amide bonds. The smallest absolute Gasteiger partial charge is 0.370 e. The van der Waals surface area contributed by atoms with Crippen molar-refractivity contribution >= 4 is 5.82 Å². The molecule has 21 heavy (non-hydrogen) atoms. The van der Waals surface area contributed by atoms with Crippen molar-refractivity contribution in [3.63, 3.8) is 0 Å². The first-order valence-corrected chi connectivity index (χ1v) is 6.80. The number of nitrogens with zero attached hydrogens (tertiary/aromatic N) is 1. The van der Waals surface area contributed by atoms with Gasteiger partial charge in [-0.15, -0.1) is 0 Å². The molecule has 0 fully saturated rings. The number of halogens is 3. The maximum absolute atomic E-state index is 13.0. The summed E-state index contributed by atoms with van der Waals surface area (Å²) in [5.74, 6) is 0.252. The Morgan fingerprint density at radius 1 is 1.10 bits per heavy atom. The summed E-state index contributed by atoms with van der Waals surface area (Å²) in [6.45, 7) is 4.46. The molecule has 0 saturated heterocycles. The molecule has 0 aliphatic rings. The van der Waals surface area contributed by atoms with Gasteiger partial charge in [-0.25, -0.2) is 4.98 Å². The Balaban J connectivity index is 2.46. The van der Waals surface area contributed by atoms with E-state index in [-0.39, 0.29) is 5.82 Å². The number of hydrogen-bond donors (Lipinski definition) is 1. The number of alkyl halides is 3. The van der Waals surface area contributed by atoms with E-state index in [1.54, 1.807) is 12.1 Å². The lowest BCUT2D eigenvalue weighted by molar-refractivity contribution is -0.137. The predicted molar refractivity (Wildman–Crippen MR) is 78.2 cm³/mol.